The summed E-state index contributed by atoms with van der Waals surface area (Å²) in [5.74, 6) is 5.59. The fourth-order valence-corrected chi connectivity index (χ4v) is 1.89. The zero-order valence-electron chi connectivity index (χ0n) is 9.89. The van der Waals surface area contributed by atoms with Crippen molar-refractivity contribution in [2.24, 2.45) is 5.84 Å². The maximum Gasteiger partial charge on any atom is 0.0705 e. The third-order valence-corrected chi connectivity index (χ3v) is 2.75. The summed E-state index contributed by atoms with van der Waals surface area (Å²) in [4.78, 5) is 4.33. The molecule has 0 radical (unpaired) electrons. The van der Waals surface area contributed by atoms with Crippen molar-refractivity contribution in [1.29, 1.82) is 0 Å². The van der Waals surface area contributed by atoms with E-state index in [9.17, 15) is 0 Å². The van der Waals surface area contributed by atoms with Crippen LogP contribution in [0.3, 0.4) is 0 Å². The van der Waals surface area contributed by atoms with E-state index in [4.69, 9.17) is 10.6 Å². The van der Waals surface area contributed by atoms with E-state index in [1.54, 1.807) is 6.20 Å². The van der Waals surface area contributed by atoms with Crippen LogP contribution in [0, 0.1) is 0 Å². The molecule has 17 heavy (non-hydrogen) atoms. The van der Waals surface area contributed by atoms with Crippen LogP contribution < -0.4 is 11.3 Å². The topological polar surface area (TPSA) is 60.2 Å². The lowest BCUT2D eigenvalue weighted by Gasteiger charge is -2.17. The van der Waals surface area contributed by atoms with Gasteiger partial charge in [-0.05, 0) is 24.6 Å². The monoisotopic (exact) mass is 231 g/mol. The lowest BCUT2D eigenvalue weighted by atomic mass is 10.0. The summed E-state index contributed by atoms with van der Waals surface area (Å²) >= 11 is 0. The Labute approximate surface area is 101 Å². The molecule has 0 fully saturated rings. The van der Waals surface area contributed by atoms with Gasteiger partial charge in [-0.2, -0.15) is 0 Å². The third kappa shape index (κ3) is 2.61. The number of hydrogen-bond donors (Lipinski definition) is 2. The van der Waals surface area contributed by atoms with Crippen LogP contribution in [0.5, 0.6) is 0 Å². The summed E-state index contributed by atoms with van der Waals surface area (Å²) in [5.41, 5.74) is 4.88. The van der Waals surface area contributed by atoms with Crippen LogP contribution in [-0.4, -0.2) is 18.2 Å². The molecule has 0 spiro atoms. The Balaban J connectivity index is 2.38. The number of ether oxygens (including phenoxy) is 1. The van der Waals surface area contributed by atoms with Crippen LogP contribution >= 0.6 is 0 Å². The summed E-state index contributed by atoms with van der Waals surface area (Å²) < 4.78 is 5.43. The van der Waals surface area contributed by atoms with Crippen LogP contribution in [0.2, 0.25) is 0 Å². The lowest BCUT2D eigenvalue weighted by molar-refractivity contribution is 0.123. The maximum absolute atomic E-state index is 5.59. The van der Waals surface area contributed by atoms with Crippen molar-refractivity contribution in [3.8, 4) is 0 Å². The molecule has 0 aliphatic carbocycles. The van der Waals surface area contributed by atoms with Crippen LogP contribution in [0.1, 0.15) is 18.5 Å². The average Bonchev–Trinajstić information content (AvgIpc) is 2.40. The molecule has 0 saturated carbocycles. The van der Waals surface area contributed by atoms with Crippen molar-refractivity contribution >= 4 is 10.9 Å². The Hall–Kier alpha value is -1.49. The maximum atomic E-state index is 5.59. The highest BCUT2D eigenvalue weighted by atomic mass is 16.5. The van der Waals surface area contributed by atoms with Gasteiger partial charge in [-0.3, -0.25) is 16.3 Å². The summed E-state index contributed by atoms with van der Waals surface area (Å²) in [5, 5.41) is 1.11. The number of nitrogens with two attached hydrogens (primary N) is 1. The van der Waals surface area contributed by atoms with E-state index in [1.807, 2.05) is 37.3 Å². The zero-order chi connectivity index (χ0) is 12.1. The molecule has 1 aromatic heterocycles. The van der Waals surface area contributed by atoms with E-state index in [2.05, 4.69) is 10.4 Å². The Bertz CT molecular complexity index is 482. The molecule has 90 valence electrons. The number of hydrogen-bond acceptors (Lipinski definition) is 4. The number of aromatic nitrogens is 1. The second kappa shape index (κ2) is 5.72. The molecular formula is C13H17N3O. The molecule has 3 N–H and O–H groups in total. The zero-order valence-corrected chi connectivity index (χ0v) is 9.89. The normalized spacial score (nSPS) is 12.8. The molecule has 0 bridgehead atoms. The molecular weight excluding hydrogens is 214 g/mol. The summed E-state index contributed by atoms with van der Waals surface area (Å²) in [6.07, 6.45) is 1.80. The molecule has 0 aliphatic heterocycles. The fourth-order valence-electron chi connectivity index (χ4n) is 1.89. The smallest absolute Gasteiger partial charge is 0.0705 e. The number of fused-ring (bicyclic) bond motifs is 1. The Kier molecular flexibility index (Phi) is 4.03. The van der Waals surface area contributed by atoms with Gasteiger partial charge in [0.15, 0.2) is 0 Å². The highest BCUT2D eigenvalue weighted by Crippen LogP contribution is 2.22. The largest absolute Gasteiger partial charge is 0.380 e. The van der Waals surface area contributed by atoms with Gasteiger partial charge in [0.25, 0.3) is 0 Å². The highest BCUT2D eigenvalue weighted by Gasteiger charge is 2.12. The second-order valence-corrected chi connectivity index (χ2v) is 3.80. The third-order valence-electron chi connectivity index (χ3n) is 2.75. The van der Waals surface area contributed by atoms with Crippen LogP contribution in [0.25, 0.3) is 10.9 Å². The van der Waals surface area contributed by atoms with Crippen LogP contribution in [0.4, 0.5) is 0 Å². The Morgan fingerprint density at radius 3 is 2.94 bits per heavy atom. The van der Waals surface area contributed by atoms with Crippen LogP contribution in [0.15, 0.2) is 36.5 Å². The first-order chi connectivity index (χ1) is 8.36. The number of nitrogens with zero attached hydrogens (tertiary/aromatic N) is 1. The predicted molar refractivity (Wildman–Crippen MR) is 68.3 cm³/mol. The molecule has 1 atom stereocenters. The summed E-state index contributed by atoms with van der Waals surface area (Å²) in [7, 11) is 0. The molecule has 0 amide bonds. The molecule has 1 aromatic carbocycles. The fraction of sp³-hybridized carbons (Fsp3) is 0.308. The van der Waals surface area contributed by atoms with Crippen LogP contribution in [-0.2, 0) is 4.74 Å². The van der Waals surface area contributed by atoms with Crippen molar-refractivity contribution in [2.45, 2.75) is 13.0 Å². The minimum Gasteiger partial charge on any atom is -0.380 e. The van der Waals surface area contributed by atoms with E-state index >= 15 is 0 Å². The standard InChI is InChI=1S/C13H17N3O/c1-2-17-9-13(16-14)11-7-8-15-12-6-4-3-5-10(11)12/h3-8,13,16H,2,9,14H2,1H3. The van der Waals surface area contributed by atoms with Crippen molar-refractivity contribution in [3.63, 3.8) is 0 Å². The van der Waals surface area contributed by atoms with Gasteiger partial charge in [0.05, 0.1) is 18.2 Å². The summed E-state index contributed by atoms with van der Waals surface area (Å²) in [6.45, 7) is 3.21. The second-order valence-electron chi connectivity index (χ2n) is 3.80. The molecule has 0 aliphatic rings. The molecule has 4 heteroatoms. The number of rotatable bonds is 5. The van der Waals surface area contributed by atoms with Gasteiger partial charge in [-0.15, -0.1) is 0 Å². The van der Waals surface area contributed by atoms with E-state index < -0.39 is 0 Å². The molecule has 2 aromatic rings. The lowest BCUT2D eigenvalue weighted by Crippen LogP contribution is -2.31. The molecule has 1 unspecified atom stereocenters. The predicted octanol–water partition coefficient (Wildman–Crippen LogP) is 1.78. The molecule has 4 nitrogen and oxygen atoms in total. The van der Waals surface area contributed by atoms with Gasteiger partial charge in [0.1, 0.15) is 0 Å². The van der Waals surface area contributed by atoms with Crippen molar-refractivity contribution < 1.29 is 4.74 Å². The van der Waals surface area contributed by atoms with E-state index in [-0.39, 0.29) is 6.04 Å². The molecule has 0 saturated heterocycles. The van der Waals surface area contributed by atoms with Crippen molar-refractivity contribution in [3.05, 3.63) is 42.1 Å². The van der Waals surface area contributed by atoms with Gasteiger partial charge in [-0.1, -0.05) is 18.2 Å². The first-order valence-corrected chi connectivity index (χ1v) is 5.74. The number of para-hydroxylation sites is 1. The average molecular weight is 231 g/mol. The highest BCUT2D eigenvalue weighted by molar-refractivity contribution is 5.82. The summed E-state index contributed by atoms with van der Waals surface area (Å²) in [6, 6.07) is 9.99. The van der Waals surface area contributed by atoms with E-state index in [0.29, 0.717) is 13.2 Å². The van der Waals surface area contributed by atoms with Gasteiger partial charge >= 0.3 is 0 Å². The SMILES string of the molecule is CCOCC(NN)c1ccnc2ccccc12. The minimum atomic E-state index is -0.0113. The quantitative estimate of drug-likeness (QED) is 0.608. The van der Waals surface area contributed by atoms with Gasteiger partial charge in [0, 0.05) is 18.2 Å². The Morgan fingerprint density at radius 1 is 1.35 bits per heavy atom. The number of pyridine rings is 1. The van der Waals surface area contributed by atoms with E-state index in [0.717, 1.165) is 16.5 Å². The van der Waals surface area contributed by atoms with Gasteiger partial charge in [-0.25, -0.2) is 0 Å². The minimum absolute atomic E-state index is 0.0113. The Morgan fingerprint density at radius 2 is 2.18 bits per heavy atom. The molecule has 2 rings (SSSR count). The van der Waals surface area contributed by atoms with Crippen molar-refractivity contribution in [2.75, 3.05) is 13.2 Å². The molecule has 1 heterocycles. The number of benzene rings is 1. The van der Waals surface area contributed by atoms with Gasteiger partial charge in [0.2, 0.25) is 0 Å². The van der Waals surface area contributed by atoms with Crippen molar-refractivity contribution in [1.82, 2.24) is 10.4 Å². The van der Waals surface area contributed by atoms with E-state index in [1.165, 1.54) is 0 Å². The number of nitrogens with one attached hydrogen (secondary N) is 1. The first-order valence-electron chi connectivity index (χ1n) is 5.74. The number of hydrazine groups is 1. The first kappa shape index (κ1) is 12.0. The van der Waals surface area contributed by atoms with Gasteiger partial charge < -0.3 is 4.74 Å².